The van der Waals surface area contributed by atoms with E-state index in [2.05, 4.69) is 10.6 Å². The summed E-state index contributed by atoms with van der Waals surface area (Å²) in [5, 5.41) is 26.6. The number of halogens is 2. The number of hydrogen-bond acceptors (Lipinski definition) is 5. The summed E-state index contributed by atoms with van der Waals surface area (Å²) < 4.78 is 27.4. The molecule has 0 radical (unpaired) electrons. The topological polar surface area (TPSA) is 104 Å². The first-order chi connectivity index (χ1) is 12.7. The number of nitro benzene ring substituents is 1. The maximum absolute atomic E-state index is 13.7. The van der Waals surface area contributed by atoms with Crippen molar-refractivity contribution in [1.82, 2.24) is 5.32 Å². The molecule has 0 aliphatic carbocycles. The molecule has 3 N–H and O–H groups in total. The summed E-state index contributed by atoms with van der Waals surface area (Å²) in [5.74, 6) is -2.30. The van der Waals surface area contributed by atoms with Gasteiger partial charge >= 0.3 is 0 Å². The van der Waals surface area contributed by atoms with Gasteiger partial charge in [0.05, 0.1) is 10.5 Å². The number of nitro groups is 1. The molecule has 0 heterocycles. The normalized spacial score (nSPS) is 11.9. The predicted molar refractivity (Wildman–Crippen MR) is 95.5 cm³/mol. The van der Waals surface area contributed by atoms with Gasteiger partial charge in [0, 0.05) is 24.2 Å². The number of amides is 1. The molecule has 1 amide bonds. The van der Waals surface area contributed by atoms with E-state index >= 15 is 0 Å². The largest absolute Gasteiger partial charge is 0.386 e. The zero-order chi connectivity index (χ0) is 20.1. The first-order valence-corrected chi connectivity index (χ1v) is 8.15. The van der Waals surface area contributed by atoms with E-state index in [4.69, 9.17) is 0 Å². The summed E-state index contributed by atoms with van der Waals surface area (Å²) in [5.41, 5.74) is -0.813. The van der Waals surface area contributed by atoms with Crippen LogP contribution in [0.2, 0.25) is 0 Å². The smallest absolute Gasteiger partial charge is 0.293 e. The highest BCUT2D eigenvalue weighted by molar-refractivity contribution is 5.95. The summed E-state index contributed by atoms with van der Waals surface area (Å²) >= 11 is 0. The third-order valence-corrected chi connectivity index (χ3v) is 3.70. The minimum Gasteiger partial charge on any atom is -0.386 e. The highest BCUT2D eigenvalue weighted by Gasteiger charge is 2.21. The molecule has 0 bridgehead atoms. The summed E-state index contributed by atoms with van der Waals surface area (Å²) in [6.45, 7) is 3.15. The maximum Gasteiger partial charge on any atom is 0.293 e. The number of aliphatic hydroxyl groups excluding tert-OH is 1. The van der Waals surface area contributed by atoms with Crippen molar-refractivity contribution in [3.63, 3.8) is 0 Å². The quantitative estimate of drug-likeness (QED) is 0.506. The van der Waals surface area contributed by atoms with Crippen LogP contribution in [0.5, 0.6) is 0 Å². The van der Waals surface area contributed by atoms with Crippen molar-refractivity contribution in [1.29, 1.82) is 0 Å². The highest BCUT2D eigenvalue weighted by atomic mass is 19.1. The lowest BCUT2D eigenvalue weighted by atomic mass is 10.1. The minimum atomic E-state index is -1.56. The van der Waals surface area contributed by atoms with Crippen molar-refractivity contribution in [3.8, 4) is 0 Å². The summed E-state index contributed by atoms with van der Waals surface area (Å²) in [6.07, 6.45) is -1.56. The van der Waals surface area contributed by atoms with Crippen molar-refractivity contribution in [2.75, 3.05) is 11.9 Å². The van der Waals surface area contributed by atoms with Crippen LogP contribution in [0, 0.1) is 21.7 Å². The Balaban J connectivity index is 2.21. The zero-order valence-electron chi connectivity index (χ0n) is 14.7. The minimum absolute atomic E-state index is 0.0110. The molecule has 0 fully saturated rings. The van der Waals surface area contributed by atoms with Crippen LogP contribution in [0.4, 0.5) is 20.2 Å². The summed E-state index contributed by atoms with van der Waals surface area (Å²) in [7, 11) is 0. The molecule has 1 unspecified atom stereocenters. The van der Waals surface area contributed by atoms with Crippen LogP contribution < -0.4 is 10.6 Å². The molecule has 27 heavy (non-hydrogen) atoms. The van der Waals surface area contributed by atoms with E-state index < -0.39 is 39.8 Å². The number of nitrogens with zero attached hydrogens (tertiary/aromatic N) is 1. The molecule has 0 aliphatic heterocycles. The number of nitrogens with one attached hydrogen (secondary N) is 2. The Kier molecular flexibility index (Phi) is 6.40. The maximum atomic E-state index is 13.7. The van der Waals surface area contributed by atoms with Crippen molar-refractivity contribution in [2.24, 2.45) is 0 Å². The third kappa shape index (κ3) is 4.98. The lowest BCUT2D eigenvalue weighted by Crippen LogP contribution is -2.30. The van der Waals surface area contributed by atoms with Crippen molar-refractivity contribution in [2.45, 2.75) is 26.0 Å². The van der Waals surface area contributed by atoms with Gasteiger partial charge < -0.3 is 15.7 Å². The Hall–Kier alpha value is -3.07. The molecule has 0 spiro atoms. The van der Waals surface area contributed by atoms with Crippen LogP contribution in [-0.4, -0.2) is 28.5 Å². The molecule has 0 aromatic heterocycles. The van der Waals surface area contributed by atoms with E-state index in [1.807, 2.05) is 0 Å². The number of anilines is 1. The van der Waals surface area contributed by atoms with Gasteiger partial charge in [0.15, 0.2) is 0 Å². The van der Waals surface area contributed by atoms with E-state index in [0.717, 1.165) is 18.2 Å². The van der Waals surface area contributed by atoms with Gasteiger partial charge in [0.1, 0.15) is 23.4 Å². The first kappa shape index (κ1) is 20.2. The molecule has 144 valence electrons. The number of hydrogen-bond donors (Lipinski definition) is 3. The molecule has 0 saturated carbocycles. The molecule has 0 saturated heterocycles. The lowest BCUT2D eigenvalue weighted by molar-refractivity contribution is -0.384. The fraction of sp³-hybridized carbons (Fsp3) is 0.278. The summed E-state index contributed by atoms with van der Waals surface area (Å²) in [6, 6.07) is 6.82. The molecule has 1 atom stereocenters. The standard InChI is InChI=1S/C18H19F2N3O4/c1-10(2)22-18(25)11-6-7-14(15(8-11)23(26)27)21-9-16(24)17-12(19)4-3-5-13(17)20/h3-8,10,16,21,24H,9H2,1-2H3,(H,22,25). The number of carbonyl (C=O) groups is 1. The Labute approximate surface area is 154 Å². The fourth-order valence-corrected chi connectivity index (χ4v) is 2.46. The number of benzene rings is 2. The molecule has 2 aromatic carbocycles. The molecule has 7 nitrogen and oxygen atoms in total. The number of aliphatic hydroxyl groups is 1. The SMILES string of the molecule is CC(C)NC(=O)c1ccc(NCC(O)c2c(F)cccc2F)c([N+](=O)[O-])c1. The van der Waals surface area contributed by atoms with Crippen LogP contribution in [0.15, 0.2) is 36.4 Å². The highest BCUT2D eigenvalue weighted by Crippen LogP contribution is 2.27. The molecule has 2 rings (SSSR count). The van der Waals surface area contributed by atoms with Crippen LogP contribution in [0.25, 0.3) is 0 Å². The van der Waals surface area contributed by atoms with Crippen LogP contribution in [0.3, 0.4) is 0 Å². The van der Waals surface area contributed by atoms with E-state index in [9.17, 15) is 28.8 Å². The van der Waals surface area contributed by atoms with Gasteiger partial charge in [-0.15, -0.1) is 0 Å². The van der Waals surface area contributed by atoms with Crippen molar-refractivity contribution >= 4 is 17.3 Å². The van der Waals surface area contributed by atoms with Gasteiger partial charge in [0.2, 0.25) is 0 Å². The predicted octanol–water partition coefficient (Wildman–Crippen LogP) is 3.16. The van der Waals surface area contributed by atoms with Gasteiger partial charge in [0.25, 0.3) is 11.6 Å². The average molecular weight is 379 g/mol. The van der Waals surface area contributed by atoms with Gasteiger partial charge in [-0.2, -0.15) is 0 Å². The Morgan fingerprint density at radius 3 is 2.41 bits per heavy atom. The Morgan fingerprint density at radius 2 is 1.85 bits per heavy atom. The van der Waals surface area contributed by atoms with Crippen LogP contribution >= 0.6 is 0 Å². The van der Waals surface area contributed by atoms with Crippen molar-refractivity contribution in [3.05, 3.63) is 69.3 Å². The zero-order valence-corrected chi connectivity index (χ0v) is 14.7. The van der Waals surface area contributed by atoms with E-state index in [1.54, 1.807) is 13.8 Å². The average Bonchev–Trinajstić information content (AvgIpc) is 2.58. The van der Waals surface area contributed by atoms with Crippen LogP contribution in [0.1, 0.15) is 35.9 Å². The molecular weight excluding hydrogens is 360 g/mol. The Morgan fingerprint density at radius 1 is 1.22 bits per heavy atom. The molecule has 2 aromatic rings. The van der Waals surface area contributed by atoms with Gasteiger partial charge in [-0.05, 0) is 38.1 Å². The monoisotopic (exact) mass is 379 g/mol. The second-order valence-corrected chi connectivity index (χ2v) is 6.15. The second-order valence-electron chi connectivity index (χ2n) is 6.15. The van der Waals surface area contributed by atoms with Gasteiger partial charge in [-0.1, -0.05) is 6.07 Å². The van der Waals surface area contributed by atoms with Gasteiger partial charge in [-0.3, -0.25) is 14.9 Å². The second kappa shape index (κ2) is 8.54. The van der Waals surface area contributed by atoms with E-state index in [1.165, 1.54) is 18.2 Å². The summed E-state index contributed by atoms with van der Waals surface area (Å²) in [4.78, 5) is 22.6. The fourth-order valence-electron chi connectivity index (χ4n) is 2.46. The molecule has 9 heteroatoms. The van der Waals surface area contributed by atoms with Gasteiger partial charge in [-0.25, -0.2) is 8.78 Å². The lowest BCUT2D eigenvalue weighted by Gasteiger charge is -2.15. The number of carbonyl (C=O) groups excluding carboxylic acids is 1. The first-order valence-electron chi connectivity index (χ1n) is 8.15. The van der Waals surface area contributed by atoms with Crippen LogP contribution in [-0.2, 0) is 0 Å². The van der Waals surface area contributed by atoms with E-state index in [0.29, 0.717) is 0 Å². The third-order valence-electron chi connectivity index (χ3n) is 3.70. The van der Waals surface area contributed by atoms with Crippen molar-refractivity contribution < 1.29 is 23.6 Å². The Bertz CT molecular complexity index is 838. The number of rotatable bonds is 7. The molecular formula is C18H19F2N3O4. The molecule has 0 aliphatic rings. The van der Waals surface area contributed by atoms with E-state index in [-0.39, 0.29) is 23.8 Å².